The number of rotatable bonds is 4. The summed E-state index contributed by atoms with van der Waals surface area (Å²) in [7, 11) is -0.359. The van der Waals surface area contributed by atoms with Gasteiger partial charge in [0.05, 0.1) is 36.6 Å². The summed E-state index contributed by atoms with van der Waals surface area (Å²) in [5, 5.41) is 37.2. The van der Waals surface area contributed by atoms with Gasteiger partial charge in [-0.2, -0.15) is 0 Å². The number of fused-ring (bicyclic) bond motifs is 19. The SMILES string of the molecule is C.C.C.CC1(C)OB(c2ccc3c(c2)oc2ccccc23)OC1(C)C.Clc1ccc2c(c1)[nH]c1c2ccc2c3ccccc3oc21.Clc1ccc2c(c1)[nH]c1cc3c(cc12)oc1ccccc13.O=[N+]([O-])c1cc(Cl)ccc1-c1ccc2c(c1)oc1ccccc12.O=[N+]([O-])c1cc(Cl)ccc1Br.[B]. The van der Waals surface area contributed by atoms with E-state index in [1.54, 1.807) is 24.3 Å². The molecule has 0 spiro atoms. The first-order valence-electron chi connectivity index (χ1n) is 31.0. The first-order chi connectivity index (χ1) is 47.2. The topological polar surface area (TPSA) is 189 Å². The van der Waals surface area contributed by atoms with Crippen LogP contribution >= 0.6 is 62.3 Å². The van der Waals surface area contributed by atoms with Crippen LogP contribution in [0.2, 0.25) is 20.1 Å². The number of nitro groups is 2. The van der Waals surface area contributed by atoms with Gasteiger partial charge in [-0.1, -0.05) is 178 Å². The van der Waals surface area contributed by atoms with E-state index in [1.165, 1.54) is 12.1 Å². The fourth-order valence-corrected chi connectivity index (χ4v) is 13.6. The molecule has 19 rings (SSSR count). The molecule has 14 nitrogen and oxygen atoms in total. The second-order valence-corrected chi connectivity index (χ2v) is 27.2. The Morgan fingerprint density at radius 1 is 0.382 bits per heavy atom. The van der Waals surface area contributed by atoms with Crippen molar-refractivity contribution in [3.63, 3.8) is 0 Å². The number of benzene rings is 12. The first kappa shape index (κ1) is 73.2. The predicted molar refractivity (Wildman–Crippen MR) is 428 cm³/mol. The molecule has 0 bridgehead atoms. The van der Waals surface area contributed by atoms with E-state index in [9.17, 15) is 20.2 Å². The normalized spacial score (nSPS) is 12.9. The van der Waals surface area contributed by atoms with Crippen molar-refractivity contribution >= 4 is 226 Å². The van der Waals surface area contributed by atoms with Crippen molar-refractivity contribution in [1.29, 1.82) is 0 Å². The summed E-state index contributed by atoms with van der Waals surface area (Å²) in [6.07, 6.45) is 0. The summed E-state index contributed by atoms with van der Waals surface area (Å²) in [4.78, 5) is 27.5. The number of aromatic nitrogens is 2. The van der Waals surface area contributed by atoms with E-state index in [1.807, 2.05) is 140 Å². The number of hydrogen-bond donors (Lipinski definition) is 2. The number of para-hydroxylation sites is 4. The molecule has 6 aromatic heterocycles. The Morgan fingerprint density at radius 3 is 1.34 bits per heavy atom. The minimum atomic E-state index is -0.490. The van der Waals surface area contributed by atoms with Crippen LogP contribution in [0.15, 0.2) is 253 Å². The molecule has 7 heterocycles. The Bertz CT molecular complexity index is 6200. The van der Waals surface area contributed by atoms with Gasteiger partial charge in [0.25, 0.3) is 11.4 Å². The van der Waals surface area contributed by atoms with Crippen molar-refractivity contribution < 1.29 is 36.8 Å². The molecular weight excluding hydrogens is 1430 g/mol. The molecule has 0 amide bonds. The van der Waals surface area contributed by atoms with Crippen molar-refractivity contribution in [1.82, 2.24) is 9.97 Å². The molecule has 18 aromatic rings. The Kier molecular flexibility index (Phi) is 20.9. The summed E-state index contributed by atoms with van der Waals surface area (Å²) >= 11 is 26.6. The van der Waals surface area contributed by atoms with Gasteiger partial charge < -0.3 is 36.9 Å². The van der Waals surface area contributed by atoms with E-state index in [-0.39, 0.29) is 60.4 Å². The maximum atomic E-state index is 11.3. The average Bonchev–Trinajstić information content (AvgIpc) is 1.60. The van der Waals surface area contributed by atoms with E-state index in [0.717, 1.165) is 147 Å². The van der Waals surface area contributed by atoms with E-state index >= 15 is 0 Å². The third kappa shape index (κ3) is 13.7. The molecule has 102 heavy (non-hydrogen) atoms. The van der Waals surface area contributed by atoms with Gasteiger partial charge >= 0.3 is 7.12 Å². The van der Waals surface area contributed by atoms with Gasteiger partial charge in [-0.05, 0) is 164 Å². The summed E-state index contributed by atoms with van der Waals surface area (Å²) < 4.78 is 36.5. The van der Waals surface area contributed by atoms with Gasteiger partial charge in [0.15, 0.2) is 5.58 Å². The molecule has 0 atom stereocenters. The van der Waals surface area contributed by atoms with Crippen LogP contribution in [0.25, 0.3) is 142 Å². The maximum Gasteiger partial charge on any atom is 0.494 e. The zero-order valence-electron chi connectivity index (χ0n) is 53.0. The number of nitro benzene ring substituents is 2. The molecule has 2 N–H and O–H groups in total. The first-order valence-corrected chi connectivity index (χ1v) is 33.3. The van der Waals surface area contributed by atoms with Crippen molar-refractivity contribution in [3.8, 4) is 11.1 Å². The second kappa shape index (κ2) is 29.1. The molecule has 3 radical (unpaired) electrons. The Labute approximate surface area is 616 Å². The van der Waals surface area contributed by atoms with Crippen molar-refractivity contribution in [2.45, 2.75) is 61.2 Å². The maximum absolute atomic E-state index is 11.3. The lowest BCUT2D eigenvalue weighted by Crippen LogP contribution is -2.41. The van der Waals surface area contributed by atoms with Crippen LogP contribution in [-0.4, -0.2) is 46.5 Å². The van der Waals surface area contributed by atoms with Gasteiger partial charge in [-0.3, -0.25) is 20.2 Å². The van der Waals surface area contributed by atoms with Crippen LogP contribution in [0.1, 0.15) is 50.0 Å². The summed E-state index contributed by atoms with van der Waals surface area (Å²) in [6.45, 7) is 8.25. The summed E-state index contributed by atoms with van der Waals surface area (Å²) in [6, 6.07) is 73.3. The molecule has 12 aromatic carbocycles. The molecule has 21 heteroatoms. The van der Waals surface area contributed by atoms with E-state index < -0.39 is 9.85 Å². The average molecular weight is 1500 g/mol. The monoisotopic (exact) mass is 1490 g/mol. The predicted octanol–water partition coefficient (Wildman–Crippen LogP) is 26.0. The fraction of sp³-hybridized carbons (Fsp3) is 0.111. The van der Waals surface area contributed by atoms with E-state index in [4.69, 9.17) is 73.4 Å². The number of nitrogens with one attached hydrogen (secondary N) is 2. The van der Waals surface area contributed by atoms with Crippen LogP contribution in [-0.2, 0) is 9.31 Å². The molecule has 509 valence electrons. The standard InChI is InChI=1S/C18H19BO3.C18H10ClNO3.2C18H10ClNO.C6H3BrClNO2.3CH4.B/c1-17(2)18(3,4)22-19(21-17)12-9-10-14-13-7-5-6-8-15(13)20-16(14)11-12;19-12-6-8-13(16(10-12)20(21)22)11-5-7-15-14-3-1-2-4-17(14)23-18(15)9-11;19-10-5-6-11-13-9-18-14(8-16(13)20-15(11)7-10)12-3-1-2-4-17(12)21-18;19-10-5-6-11-13-7-8-14-12-3-1-2-4-16(12)21-18(14)17(13)20-15(11)9-10;7-5-2-1-4(8)3-6(5)9(10)11;;;;/h5-11H,1-4H3;1-10H;2*1-9,20H;1-3H;3*1H4;. The van der Waals surface area contributed by atoms with Gasteiger partial charge in [0, 0.05) is 122 Å². The minimum absolute atomic E-state index is 0. The molecule has 0 unspecified atom stereocenters. The van der Waals surface area contributed by atoms with Crippen molar-refractivity contribution in [2.75, 3.05) is 0 Å². The highest BCUT2D eigenvalue weighted by molar-refractivity contribution is 9.10. The fourth-order valence-electron chi connectivity index (χ4n) is 12.5. The number of H-pyrrole nitrogens is 2. The van der Waals surface area contributed by atoms with E-state index in [2.05, 4.69) is 108 Å². The largest absolute Gasteiger partial charge is 0.494 e. The third-order valence-electron chi connectivity index (χ3n) is 18.0. The molecule has 1 fully saturated rings. The highest BCUT2D eigenvalue weighted by Crippen LogP contribution is 2.42. The molecule has 1 aliphatic heterocycles. The molecule has 1 aliphatic rings. The Morgan fingerprint density at radius 2 is 0.784 bits per heavy atom. The highest BCUT2D eigenvalue weighted by Gasteiger charge is 2.51. The lowest BCUT2D eigenvalue weighted by atomic mass is 9.79. The van der Waals surface area contributed by atoms with Crippen LogP contribution in [0, 0.1) is 20.2 Å². The number of hydrogen-bond acceptors (Lipinski definition) is 10. The third-order valence-corrected chi connectivity index (χ3v) is 19.6. The summed E-state index contributed by atoms with van der Waals surface area (Å²) in [5.74, 6) is 0. The van der Waals surface area contributed by atoms with Crippen LogP contribution in [0.3, 0.4) is 0 Å². The number of nitrogens with zero attached hydrogens (tertiary/aromatic N) is 2. The zero-order valence-corrected chi connectivity index (χ0v) is 57.6. The van der Waals surface area contributed by atoms with Gasteiger partial charge in [-0.15, -0.1) is 0 Å². The zero-order chi connectivity index (χ0) is 67.9. The molecule has 0 aliphatic carbocycles. The van der Waals surface area contributed by atoms with Crippen molar-refractivity contribution in [2.24, 2.45) is 0 Å². The van der Waals surface area contributed by atoms with Gasteiger partial charge in [0.1, 0.15) is 39.1 Å². The second-order valence-electron chi connectivity index (χ2n) is 24.6. The Hall–Kier alpha value is -10.1. The molecule has 0 saturated carbocycles. The number of furan rings is 4. The number of halogens is 5. The van der Waals surface area contributed by atoms with Gasteiger partial charge in [-0.25, -0.2) is 0 Å². The van der Waals surface area contributed by atoms with Crippen LogP contribution in [0.4, 0.5) is 11.4 Å². The highest BCUT2D eigenvalue weighted by atomic mass is 79.9. The molecular formula is C81H64B2BrCl4N4O10. The lowest BCUT2D eigenvalue weighted by Gasteiger charge is -2.32. The van der Waals surface area contributed by atoms with Crippen LogP contribution < -0.4 is 5.46 Å². The van der Waals surface area contributed by atoms with E-state index in [0.29, 0.717) is 25.7 Å². The van der Waals surface area contributed by atoms with Crippen molar-refractivity contribution in [3.05, 3.63) is 275 Å². The lowest BCUT2D eigenvalue weighted by molar-refractivity contribution is -0.385. The van der Waals surface area contributed by atoms with Crippen LogP contribution in [0.5, 0.6) is 0 Å². The quantitative estimate of drug-likeness (QED) is 0.0974. The number of aromatic amines is 2. The molecule has 1 saturated heterocycles. The minimum Gasteiger partial charge on any atom is -0.456 e. The smallest absolute Gasteiger partial charge is 0.456 e. The van der Waals surface area contributed by atoms with Gasteiger partial charge in [0.2, 0.25) is 0 Å². The Balaban J connectivity index is 0.000000129. The summed E-state index contributed by atoms with van der Waals surface area (Å²) in [5.41, 5.74) is 12.7.